The van der Waals surface area contributed by atoms with E-state index in [1.807, 2.05) is 45.0 Å². The zero-order chi connectivity index (χ0) is 20.5. The fraction of sp³-hybridized carbons (Fsp3) is 0.182. The molecule has 1 N–H and O–H groups in total. The summed E-state index contributed by atoms with van der Waals surface area (Å²) in [6, 6.07) is 15.0. The highest BCUT2D eigenvalue weighted by molar-refractivity contribution is 6.30. The van der Waals surface area contributed by atoms with Crippen molar-refractivity contribution in [1.82, 2.24) is 19.6 Å². The molecule has 0 fully saturated rings. The van der Waals surface area contributed by atoms with E-state index in [-0.39, 0.29) is 12.3 Å². The summed E-state index contributed by atoms with van der Waals surface area (Å²) >= 11 is 5.99. The Morgan fingerprint density at radius 1 is 1.07 bits per heavy atom. The standard InChI is InChI=1S/C22H20ClN5O/c1-13-7-4-5-10-18(13)21-26-22-24-14(2)19(15(3)28(22)27-21)12-20(29)25-17-9-6-8-16(23)11-17/h4-11H,12H2,1-3H3,(H,25,29). The molecule has 2 aromatic heterocycles. The Morgan fingerprint density at radius 3 is 2.62 bits per heavy atom. The highest BCUT2D eigenvalue weighted by Gasteiger charge is 2.17. The molecular weight excluding hydrogens is 386 g/mol. The number of amides is 1. The van der Waals surface area contributed by atoms with E-state index in [9.17, 15) is 4.79 Å². The van der Waals surface area contributed by atoms with Gasteiger partial charge in [0.25, 0.3) is 5.78 Å². The third kappa shape index (κ3) is 3.84. The van der Waals surface area contributed by atoms with Gasteiger partial charge in [0.05, 0.1) is 6.42 Å². The van der Waals surface area contributed by atoms with Gasteiger partial charge in [-0.3, -0.25) is 4.79 Å². The second-order valence-corrected chi connectivity index (χ2v) is 7.40. The number of hydrogen-bond acceptors (Lipinski definition) is 4. The number of nitrogens with zero attached hydrogens (tertiary/aromatic N) is 4. The van der Waals surface area contributed by atoms with E-state index in [1.165, 1.54) is 0 Å². The zero-order valence-electron chi connectivity index (χ0n) is 16.4. The lowest BCUT2D eigenvalue weighted by Gasteiger charge is -2.11. The van der Waals surface area contributed by atoms with E-state index >= 15 is 0 Å². The second kappa shape index (κ2) is 7.64. The van der Waals surface area contributed by atoms with Gasteiger partial charge < -0.3 is 5.32 Å². The van der Waals surface area contributed by atoms with Crippen LogP contribution in [0.2, 0.25) is 5.02 Å². The van der Waals surface area contributed by atoms with Gasteiger partial charge in [-0.25, -0.2) is 9.50 Å². The maximum atomic E-state index is 12.6. The van der Waals surface area contributed by atoms with Crippen LogP contribution in [0, 0.1) is 20.8 Å². The number of rotatable bonds is 4. The van der Waals surface area contributed by atoms with Gasteiger partial charge in [0, 0.05) is 33.2 Å². The Labute approximate surface area is 173 Å². The highest BCUT2D eigenvalue weighted by Crippen LogP contribution is 2.22. The lowest BCUT2D eigenvalue weighted by atomic mass is 10.1. The number of nitrogens with one attached hydrogen (secondary N) is 1. The van der Waals surface area contributed by atoms with Gasteiger partial charge in [0.2, 0.25) is 5.91 Å². The minimum absolute atomic E-state index is 0.140. The van der Waals surface area contributed by atoms with Crippen LogP contribution in [0.4, 0.5) is 5.69 Å². The van der Waals surface area contributed by atoms with E-state index in [0.717, 1.165) is 28.1 Å². The number of halogens is 1. The van der Waals surface area contributed by atoms with Crippen LogP contribution in [-0.4, -0.2) is 25.5 Å². The SMILES string of the molecule is Cc1ccccc1-c1nc2nc(C)c(CC(=O)Nc3cccc(Cl)c3)c(C)n2n1. The second-order valence-electron chi connectivity index (χ2n) is 6.96. The lowest BCUT2D eigenvalue weighted by Crippen LogP contribution is -2.17. The maximum absolute atomic E-state index is 12.6. The van der Waals surface area contributed by atoms with Crippen molar-refractivity contribution in [1.29, 1.82) is 0 Å². The normalized spacial score (nSPS) is 11.0. The van der Waals surface area contributed by atoms with E-state index < -0.39 is 0 Å². The van der Waals surface area contributed by atoms with Crippen molar-refractivity contribution in [3.8, 4) is 11.4 Å². The molecule has 0 atom stereocenters. The molecule has 2 heterocycles. The molecule has 6 nitrogen and oxygen atoms in total. The first-order chi connectivity index (χ1) is 13.9. The minimum atomic E-state index is -0.140. The summed E-state index contributed by atoms with van der Waals surface area (Å²) in [5.41, 5.74) is 5.17. The van der Waals surface area contributed by atoms with Gasteiger partial charge in [-0.05, 0) is 44.5 Å². The number of aryl methyl sites for hydroxylation is 3. The molecule has 4 rings (SSSR count). The largest absolute Gasteiger partial charge is 0.326 e. The molecule has 0 aliphatic rings. The molecule has 0 aliphatic heterocycles. The average Bonchev–Trinajstić information content (AvgIpc) is 3.09. The Hall–Kier alpha value is -3.25. The fourth-order valence-corrected chi connectivity index (χ4v) is 3.52. The summed E-state index contributed by atoms with van der Waals surface area (Å²) < 4.78 is 1.71. The maximum Gasteiger partial charge on any atom is 0.253 e. The summed E-state index contributed by atoms with van der Waals surface area (Å²) in [7, 11) is 0. The van der Waals surface area contributed by atoms with Gasteiger partial charge in [-0.15, -0.1) is 5.10 Å². The third-order valence-electron chi connectivity index (χ3n) is 4.88. The van der Waals surface area contributed by atoms with Crippen LogP contribution in [0.15, 0.2) is 48.5 Å². The molecule has 4 aromatic rings. The van der Waals surface area contributed by atoms with Crippen molar-refractivity contribution in [3.63, 3.8) is 0 Å². The minimum Gasteiger partial charge on any atom is -0.326 e. The average molecular weight is 406 g/mol. The lowest BCUT2D eigenvalue weighted by molar-refractivity contribution is -0.115. The van der Waals surface area contributed by atoms with Crippen molar-refractivity contribution >= 4 is 29.0 Å². The summed E-state index contributed by atoms with van der Waals surface area (Å²) in [5.74, 6) is 1.01. The summed E-state index contributed by atoms with van der Waals surface area (Å²) in [5, 5.41) is 8.09. The van der Waals surface area contributed by atoms with Crippen LogP contribution < -0.4 is 5.32 Å². The van der Waals surface area contributed by atoms with Crippen molar-refractivity contribution in [2.75, 3.05) is 5.32 Å². The monoisotopic (exact) mass is 405 g/mol. The quantitative estimate of drug-likeness (QED) is 0.540. The molecule has 1 amide bonds. The molecule has 0 bridgehead atoms. The number of carbonyl (C=O) groups is 1. The summed E-state index contributed by atoms with van der Waals surface area (Å²) in [4.78, 5) is 21.7. The fourth-order valence-electron chi connectivity index (χ4n) is 3.33. The summed E-state index contributed by atoms with van der Waals surface area (Å²) in [6.45, 7) is 5.84. The Morgan fingerprint density at radius 2 is 1.86 bits per heavy atom. The number of carbonyl (C=O) groups excluding carboxylic acids is 1. The molecule has 0 saturated carbocycles. The van der Waals surface area contributed by atoms with Crippen LogP contribution in [0.3, 0.4) is 0 Å². The highest BCUT2D eigenvalue weighted by atomic mass is 35.5. The van der Waals surface area contributed by atoms with Crippen LogP contribution in [0.5, 0.6) is 0 Å². The molecule has 0 unspecified atom stereocenters. The zero-order valence-corrected chi connectivity index (χ0v) is 17.2. The van der Waals surface area contributed by atoms with Crippen molar-refractivity contribution < 1.29 is 4.79 Å². The molecule has 146 valence electrons. The molecule has 2 aromatic carbocycles. The Kier molecular flexibility index (Phi) is 5.03. The van der Waals surface area contributed by atoms with Gasteiger partial charge in [-0.1, -0.05) is 41.9 Å². The topological polar surface area (TPSA) is 72.2 Å². The molecule has 0 spiro atoms. The first-order valence-corrected chi connectivity index (χ1v) is 9.64. The Bertz CT molecular complexity index is 1230. The van der Waals surface area contributed by atoms with Gasteiger partial charge in [-0.2, -0.15) is 4.98 Å². The first-order valence-electron chi connectivity index (χ1n) is 9.26. The number of aromatic nitrogens is 4. The number of fused-ring (bicyclic) bond motifs is 1. The molecule has 0 saturated heterocycles. The first kappa shape index (κ1) is 19.1. The van der Waals surface area contributed by atoms with Crippen LogP contribution >= 0.6 is 11.6 Å². The molecular formula is C22H20ClN5O. The van der Waals surface area contributed by atoms with Gasteiger partial charge in [0.15, 0.2) is 5.82 Å². The number of hydrogen-bond donors (Lipinski definition) is 1. The predicted molar refractivity (Wildman–Crippen MR) is 114 cm³/mol. The van der Waals surface area contributed by atoms with Crippen molar-refractivity contribution in [2.24, 2.45) is 0 Å². The molecule has 0 aliphatic carbocycles. The van der Waals surface area contributed by atoms with Crippen molar-refractivity contribution in [2.45, 2.75) is 27.2 Å². The third-order valence-corrected chi connectivity index (χ3v) is 5.12. The van der Waals surface area contributed by atoms with E-state index in [0.29, 0.717) is 22.3 Å². The van der Waals surface area contributed by atoms with Crippen molar-refractivity contribution in [3.05, 3.63) is 76.1 Å². The smallest absolute Gasteiger partial charge is 0.253 e. The molecule has 29 heavy (non-hydrogen) atoms. The van der Waals surface area contributed by atoms with E-state index in [2.05, 4.69) is 20.4 Å². The van der Waals surface area contributed by atoms with E-state index in [4.69, 9.17) is 11.6 Å². The van der Waals surface area contributed by atoms with Crippen LogP contribution in [-0.2, 0) is 11.2 Å². The molecule has 0 radical (unpaired) electrons. The Balaban J connectivity index is 1.66. The van der Waals surface area contributed by atoms with Gasteiger partial charge >= 0.3 is 0 Å². The number of anilines is 1. The van der Waals surface area contributed by atoms with Crippen LogP contribution in [0.25, 0.3) is 17.2 Å². The van der Waals surface area contributed by atoms with Gasteiger partial charge in [0.1, 0.15) is 0 Å². The van der Waals surface area contributed by atoms with Crippen LogP contribution in [0.1, 0.15) is 22.5 Å². The summed E-state index contributed by atoms with van der Waals surface area (Å²) in [6.07, 6.45) is 0.187. The van der Waals surface area contributed by atoms with E-state index in [1.54, 1.807) is 28.8 Å². The number of benzene rings is 2. The predicted octanol–water partition coefficient (Wildman–Crippen LogP) is 4.55. The molecule has 7 heteroatoms.